The van der Waals surface area contributed by atoms with E-state index in [4.69, 9.17) is 0 Å². The average Bonchev–Trinajstić information content (AvgIpc) is 3.35. The van der Waals surface area contributed by atoms with E-state index in [0.717, 1.165) is 37.9 Å². The Balaban J connectivity index is 0.00000392. The number of nitrogens with zero attached hydrogens (tertiary/aromatic N) is 3. The molecule has 164 valence electrons. The van der Waals surface area contributed by atoms with E-state index in [1.54, 1.807) is 0 Å². The molecule has 2 unspecified atom stereocenters. The minimum Gasteiger partial charge on any atom is -0.355 e. The lowest BCUT2D eigenvalue weighted by Crippen LogP contribution is -2.51. The Morgan fingerprint density at radius 1 is 1.14 bits per heavy atom. The highest BCUT2D eigenvalue weighted by molar-refractivity contribution is 14.0. The van der Waals surface area contributed by atoms with E-state index in [1.165, 1.54) is 38.8 Å². The Labute approximate surface area is 189 Å². The zero-order valence-corrected chi connectivity index (χ0v) is 20.9. The highest BCUT2D eigenvalue weighted by Crippen LogP contribution is 2.22. The first-order chi connectivity index (χ1) is 13.0. The van der Waals surface area contributed by atoms with E-state index < -0.39 is 0 Å². The first-order valence-electron chi connectivity index (χ1n) is 11.0. The van der Waals surface area contributed by atoms with E-state index in [0.29, 0.717) is 6.04 Å². The molecule has 7 heteroatoms. The maximum atomic E-state index is 12.2. The number of hydrogen-bond acceptors (Lipinski definition) is 3. The zero-order chi connectivity index (χ0) is 19.8. The van der Waals surface area contributed by atoms with Crippen molar-refractivity contribution in [3.05, 3.63) is 0 Å². The van der Waals surface area contributed by atoms with Gasteiger partial charge in [0.05, 0.1) is 0 Å². The minimum absolute atomic E-state index is 0. The molecule has 0 saturated carbocycles. The molecule has 0 bridgehead atoms. The molecule has 2 heterocycles. The van der Waals surface area contributed by atoms with Crippen LogP contribution in [0.2, 0.25) is 0 Å². The lowest BCUT2D eigenvalue weighted by atomic mass is 9.93. The van der Waals surface area contributed by atoms with Crippen molar-refractivity contribution in [3.8, 4) is 0 Å². The number of carbonyl (C=O) groups is 1. The van der Waals surface area contributed by atoms with Gasteiger partial charge in [0.15, 0.2) is 5.96 Å². The number of amides is 1. The average molecular weight is 508 g/mol. The Hall–Kier alpha value is -0.570. The standard InChI is InChI=1S/C21H41N5O.HI/c1-6-17(7-2)19(25-11-8-9-12-25)14-23-21(22-5)24-18-10-13-26(15-18)20(27)16(3)4;/h16-19H,6-15H2,1-5H3,(H2,22,23,24);1H. The van der Waals surface area contributed by atoms with Gasteiger partial charge in [-0.25, -0.2) is 0 Å². The van der Waals surface area contributed by atoms with Crippen LogP contribution in [0.1, 0.15) is 59.8 Å². The summed E-state index contributed by atoms with van der Waals surface area (Å²) in [5.74, 6) is 1.92. The number of rotatable bonds is 8. The number of nitrogens with one attached hydrogen (secondary N) is 2. The van der Waals surface area contributed by atoms with Gasteiger partial charge < -0.3 is 15.5 Å². The van der Waals surface area contributed by atoms with E-state index in [1.807, 2.05) is 25.8 Å². The number of guanidine groups is 1. The molecule has 0 radical (unpaired) electrons. The van der Waals surface area contributed by atoms with E-state index in [-0.39, 0.29) is 41.8 Å². The SMILES string of the molecule is CCC(CC)C(CNC(=NC)NC1CCN(C(=O)C(C)C)C1)N1CCCC1.I. The van der Waals surface area contributed by atoms with Gasteiger partial charge in [-0.05, 0) is 38.3 Å². The van der Waals surface area contributed by atoms with Crippen LogP contribution in [-0.2, 0) is 4.79 Å². The first-order valence-corrected chi connectivity index (χ1v) is 11.0. The molecule has 0 aliphatic carbocycles. The maximum Gasteiger partial charge on any atom is 0.225 e. The van der Waals surface area contributed by atoms with Crippen LogP contribution < -0.4 is 10.6 Å². The van der Waals surface area contributed by atoms with Crippen LogP contribution in [0.4, 0.5) is 0 Å². The molecule has 2 N–H and O–H groups in total. The van der Waals surface area contributed by atoms with Gasteiger partial charge in [0.25, 0.3) is 0 Å². The quantitative estimate of drug-likeness (QED) is 0.302. The highest BCUT2D eigenvalue weighted by atomic mass is 127. The number of likely N-dealkylation sites (tertiary alicyclic amines) is 2. The van der Waals surface area contributed by atoms with Gasteiger partial charge >= 0.3 is 0 Å². The summed E-state index contributed by atoms with van der Waals surface area (Å²) in [4.78, 5) is 21.3. The van der Waals surface area contributed by atoms with Gasteiger partial charge in [-0.2, -0.15) is 0 Å². The fraction of sp³-hybridized carbons (Fsp3) is 0.905. The van der Waals surface area contributed by atoms with Crippen LogP contribution in [0.5, 0.6) is 0 Å². The molecule has 0 aromatic rings. The zero-order valence-electron chi connectivity index (χ0n) is 18.5. The molecule has 28 heavy (non-hydrogen) atoms. The maximum absolute atomic E-state index is 12.2. The Kier molecular flexibility index (Phi) is 11.7. The van der Waals surface area contributed by atoms with Crippen molar-refractivity contribution in [1.82, 2.24) is 20.4 Å². The molecular formula is C21H42IN5O. The van der Waals surface area contributed by atoms with Crippen LogP contribution in [0, 0.1) is 11.8 Å². The molecule has 2 saturated heterocycles. The largest absolute Gasteiger partial charge is 0.355 e. The molecule has 6 nitrogen and oxygen atoms in total. The number of halogens is 1. The third-order valence-electron chi connectivity index (χ3n) is 6.24. The molecule has 2 rings (SSSR count). The lowest BCUT2D eigenvalue weighted by molar-refractivity contribution is -0.133. The second-order valence-electron chi connectivity index (χ2n) is 8.41. The van der Waals surface area contributed by atoms with Gasteiger partial charge in [0, 0.05) is 44.7 Å². The Morgan fingerprint density at radius 2 is 1.79 bits per heavy atom. The summed E-state index contributed by atoms with van der Waals surface area (Å²) >= 11 is 0. The van der Waals surface area contributed by atoms with Crippen molar-refractivity contribution in [2.75, 3.05) is 39.8 Å². The van der Waals surface area contributed by atoms with E-state index in [2.05, 4.69) is 34.4 Å². The summed E-state index contributed by atoms with van der Waals surface area (Å²) in [5, 5.41) is 7.12. The van der Waals surface area contributed by atoms with E-state index in [9.17, 15) is 4.79 Å². The topological polar surface area (TPSA) is 60.0 Å². The third-order valence-corrected chi connectivity index (χ3v) is 6.24. The molecule has 2 atom stereocenters. The summed E-state index contributed by atoms with van der Waals surface area (Å²) in [6.07, 6.45) is 6.08. The van der Waals surface area contributed by atoms with Crippen molar-refractivity contribution >= 4 is 35.8 Å². The van der Waals surface area contributed by atoms with Crippen molar-refractivity contribution in [1.29, 1.82) is 0 Å². The predicted molar refractivity (Wildman–Crippen MR) is 128 cm³/mol. The normalized spacial score (nSPS) is 21.9. The van der Waals surface area contributed by atoms with Gasteiger partial charge in [-0.1, -0.05) is 40.5 Å². The van der Waals surface area contributed by atoms with Crippen LogP contribution >= 0.6 is 24.0 Å². The van der Waals surface area contributed by atoms with Gasteiger partial charge in [-0.15, -0.1) is 24.0 Å². The van der Waals surface area contributed by atoms with Gasteiger partial charge in [0.2, 0.25) is 5.91 Å². The minimum atomic E-state index is 0. The fourth-order valence-electron chi connectivity index (χ4n) is 4.53. The highest BCUT2D eigenvalue weighted by Gasteiger charge is 2.30. The number of aliphatic imine (C=N–C) groups is 1. The van der Waals surface area contributed by atoms with Crippen molar-refractivity contribution in [3.63, 3.8) is 0 Å². The van der Waals surface area contributed by atoms with Crippen LogP contribution in [-0.4, -0.2) is 73.5 Å². The van der Waals surface area contributed by atoms with Gasteiger partial charge in [-0.3, -0.25) is 14.7 Å². The molecule has 2 fully saturated rings. The van der Waals surface area contributed by atoms with Crippen LogP contribution in [0.15, 0.2) is 4.99 Å². The molecular weight excluding hydrogens is 465 g/mol. The summed E-state index contributed by atoms with van der Waals surface area (Å²) < 4.78 is 0. The number of hydrogen-bond donors (Lipinski definition) is 2. The van der Waals surface area contributed by atoms with E-state index >= 15 is 0 Å². The Bertz CT molecular complexity index is 487. The predicted octanol–water partition coefficient (Wildman–Crippen LogP) is 2.93. The summed E-state index contributed by atoms with van der Waals surface area (Å²) in [6, 6.07) is 0.862. The van der Waals surface area contributed by atoms with Crippen molar-refractivity contribution in [2.24, 2.45) is 16.8 Å². The van der Waals surface area contributed by atoms with Gasteiger partial charge in [0.1, 0.15) is 0 Å². The second-order valence-corrected chi connectivity index (χ2v) is 8.41. The fourth-order valence-corrected chi connectivity index (χ4v) is 4.53. The van der Waals surface area contributed by atoms with Crippen molar-refractivity contribution < 1.29 is 4.79 Å². The first kappa shape index (κ1) is 25.5. The molecule has 0 spiro atoms. The third kappa shape index (κ3) is 7.04. The summed E-state index contributed by atoms with van der Waals surface area (Å²) in [6.45, 7) is 13.6. The monoisotopic (exact) mass is 507 g/mol. The summed E-state index contributed by atoms with van der Waals surface area (Å²) in [5.41, 5.74) is 0. The molecule has 2 aliphatic heterocycles. The Morgan fingerprint density at radius 3 is 2.32 bits per heavy atom. The summed E-state index contributed by atoms with van der Waals surface area (Å²) in [7, 11) is 1.84. The number of carbonyl (C=O) groups excluding carboxylic acids is 1. The smallest absolute Gasteiger partial charge is 0.225 e. The van der Waals surface area contributed by atoms with Crippen LogP contribution in [0.25, 0.3) is 0 Å². The molecule has 0 aromatic carbocycles. The second kappa shape index (κ2) is 12.9. The van der Waals surface area contributed by atoms with Crippen molar-refractivity contribution in [2.45, 2.75) is 71.9 Å². The molecule has 1 amide bonds. The van der Waals surface area contributed by atoms with Crippen LogP contribution in [0.3, 0.4) is 0 Å². The lowest BCUT2D eigenvalue weighted by Gasteiger charge is -2.34. The molecule has 2 aliphatic rings. The molecule has 0 aromatic heterocycles.